The van der Waals surface area contributed by atoms with Crippen LogP contribution in [0.4, 0.5) is 5.69 Å². The topological polar surface area (TPSA) is 55.1 Å². The highest BCUT2D eigenvalue weighted by Crippen LogP contribution is 2.20. The van der Waals surface area contributed by atoms with Gasteiger partial charge in [0.1, 0.15) is 0 Å². The second-order valence-electron chi connectivity index (χ2n) is 3.59. The number of carbonyl (C=O) groups excluding carboxylic acids is 1. The fraction of sp³-hybridized carbons (Fsp3) is 0.364. The number of nitrogens with one attached hydrogen (secondary N) is 1. The van der Waals surface area contributed by atoms with Gasteiger partial charge in [0.05, 0.1) is 0 Å². The smallest absolute Gasteiger partial charge is 0.228 e. The predicted molar refractivity (Wildman–Crippen MR) is 70.3 cm³/mol. The van der Waals surface area contributed by atoms with E-state index in [0.29, 0.717) is 17.3 Å². The number of benzene rings is 1. The number of aryl methyl sites for hydroxylation is 1. The van der Waals surface area contributed by atoms with E-state index in [1.807, 2.05) is 19.1 Å². The quantitative estimate of drug-likeness (QED) is 0.880. The number of nitrogens with two attached hydrogens (primary N) is 1. The Labute approximate surface area is 107 Å². The Bertz CT molecular complexity index is 369. The Kier molecular flexibility index (Phi) is 6.41. The molecule has 0 saturated heterocycles. The fourth-order valence-electron chi connectivity index (χ4n) is 1.04. The molecule has 0 radical (unpaired) electrons. The lowest BCUT2D eigenvalue weighted by Crippen LogP contribution is -2.26. The van der Waals surface area contributed by atoms with Crippen LogP contribution in [0, 0.1) is 12.8 Å². The van der Waals surface area contributed by atoms with Crippen LogP contribution in [-0.4, -0.2) is 12.5 Å². The summed E-state index contributed by atoms with van der Waals surface area (Å²) < 4.78 is 0. The minimum atomic E-state index is -0.190. The van der Waals surface area contributed by atoms with Gasteiger partial charge in [-0.3, -0.25) is 4.79 Å². The summed E-state index contributed by atoms with van der Waals surface area (Å²) in [5, 5.41) is 3.40. The number of carbonyl (C=O) groups is 1. The van der Waals surface area contributed by atoms with E-state index in [1.165, 1.54) is 0 Å². The molecule has 0 aliphatic heterocycles. The standard InChI is InChI=1S/C11H15ClN2O.ClH/c1-7-3-4-9(5-10(7)12)14-11(15)8(2)6-13;/h3-5,8H,6,13H2,1-2H3,(H,14,15);1H. The van der Waals surface area contributed by atoms with Crippen molar-refractivity contribution in [3.63, 3.8) is 0 Å². The van der Waals surface area contributed by atoms with Gasteiger partial charge in [0.2, 0.25) is 5.91 Å². The Hall–Kier alpha value is -0.770. The van der Waals surface area contributed by atoms with Crippen molar-refractivity contribution in [1.82, 2.24) is 0 Å². The molecule has 1 atom stereocenters. The van der Waals surface area contributed by atoms with Crippen molar-refractivity contribution in [3.05, 3.63) is 28.8 Å². The molecule has 1 aromatic carbocycles. The average Bonchev–Trinajstić information content (AvgIpc) is 2.22. The molecule has 90 valence electrons. The highest BCUT2D eigenvalue weighted by molar-refractivity contribution is 6.31. The molecule has 1 rings (SSSR count). The second kappa shape index (κ2) is 6.74. The molecule has 1 aromatic rings. The summed E-state index contributed by atoms with van der Waals surface area (Å²) >= 11 is 5.93. The molecule has 0 heterocycles. The van der Waals surface area contributed by atoms with Crippen LogP contribution < -0.4 is 11.1 Å². The third-order valence-electron chi connectivity index (χ3n) is 2.24. The van der Waals surface area contributed by atoms with Gasteiger partial charge in [-0.2, -0.15) is 0 Å². The predicted octanol–water partition coefficient (Wildman–Crippen LogP) is 2.60. The lowest BCUT2D eigenvalue weighted by molar-refractivity contribution is -0.119. The van der Waals surface area contributed by atoms with Gasteiger partial charge in [-0.15, -0.1) is 12.4 Å². The maximum absolute atomic E-state index is 11.5. The van der Waals surface area contributed by atoms with Crippen LogP contribution in [-0.2, 0) is 4.79 Å². The lowest BCUT2D eigenvalue weighted by Gasteiger charge is -2.10. The minimum Gasteiger partial charge on any atom is -0.330 e. The molecular weight excluding hydrogens is 247 g/mol. The van der Waals surface area contributed by atoms with Gasteiger partial charge in [-0.05, 0) is 24.6 Å². The SMILES string of the molecule is Cc1ccc(NC(=O)C(C)CN)cc1Cl.Cl. The van der Waals surface area contributed by atoms with Gasteiger partial charge in [-0.1, -0.05) is 24.6 Å². The van der Waals surface area contributed by atoms with Crippen molar-refractivity contribution >= 4 is 35.6 Å². The van der Waals surface area contributed by atoms with Gasteiger partial charge in [0.25, 0.3) is 0 Å². The molecule has 0 aliphatic rings. The molecule has 1 amide bonds. The van der Waals surface area contributed by atoms with Crippen LogP contribution in [0.2, 0.25) is 5.02 Å². The van der Waals surface area contributed by atoms with Crippen LogP contribution in [0.25, 0.3) is 0 Å². The third kappa shape index (κ3) is 4.00. The van der Waals surface area contributed by atoms with Gasteiger partial charge >= 0.3 is 0 Å². The summed E-state index contributed by atoms with van der Waals surface area (Å²) in [5.41, 5.74) is 7.09. The summed E-state index contributed by atoms with van der Waals surface area (Å²) in [6.07, 6.45) is 0. The Morgan fingerprint density at radius 3 is 2.69 bits per heavy atom. The maximum Gasteiger partial charge on any atom is 0.228 e. The average molecular weight is 263 g/mol. The fourth-order valence-corrected chi connectivity index (χ4v) is 1.22. The van der Waals surface area contributed by atoms with Crippen LogP contribution in [0.1, 0.15) is 12.5 Å². The first kappa shape index (κ1) is 15.2. The number of hydrogen-bond donors (Lipinski definition) is 2. The van der Waals surface area contributed by atoms with Crippen molar-refractivity contribution in [2.45, 2.75) is 13.8 Å². The lowest BCUT2D eigenvalue weighted by atomic mass is 10.1. The molecule has 0 saturated carbocycles. The van der Waals surface area contributed by atoms with Gasteiger partial charge in [0, 0.05) is 23.2 Å². The van der Waals surface area contributed by atoms with Crippen LogP contribution >= 0.6 is 24.0 Å². The number of hydrogen-bond acceptors (Lipinski definition) is 2. The van der Waals surface area contributed by atoms with Crippen molar-refractivity contribution < 1.29 is 4.79 Å². The van der Waals surface area contributed by atoms with E-state index in [1.54, 1.807) is 13.0 Å². The van der Waals surface area contributed by atoms with E-state index in [2.05, 4.69) is 5.32 Å². The Morgan fingerprint density at radius 2 is 2.19 bits per heavy atom. The van der Waals surface area contributed by atoms with Crippen LogP contribution in [0.3, 0.4) is 0 Å². The molecule has 0 spiro atoms. The Balaban J connectivity index is 0.00000225. The molecule has 3 N–H and O–H groups in total. The first-order chi connectivity index (χ1) is 7.04. The first-order valence-electron chi connectivity index (χ1n) is 4.81. The van der Waals surface area contributed by atoms with Crippen molar-refractivity contribution in [1.29, 1.82) is 0 Å². The minimum absolute atomic E-state index is 0. The van der Waals surface area contributed by atoms with E-state index in [0.717, 1.165) is 5.56 Å². The number of amides is 1. The monoisotopic (exact) mass is 262 g/mol. The zero-order chi connectivity index (χ0) is 11.4. The van der Waals surface area contributed by atoms with Gasteiger partial charge in [0.15, 0.2) is 0 Å². The third-order valence-corrected chi connectivity index (χ3v) is 2.65. The number of rotatable bonds is 3. The van der Waals surface area contributed by atoms with E-state index in [-0.39, 0.29) is 24.2 Å². The molecule has 0 aromatic heterocycles. The number of halogens is 2. The molecule has 3 nitrogen and oxygen atoms in total. The van der Waals surface area contributed by atoms with E-state index in [9.17, 15) is 4.79 Å². The molecular formula is C11H16Cl2N2O. The molecule has 5 heteroatoms. The summed E-state index contributed by atoms with van der Waals surface area (Å²) in [5.74, 6) is -0.275. The van der Waals surface area contributed by atoms with Gasteiger partial charge < -0.3 is 11.1 Å². The summed E-state index contributed by atoms with van der Waals surface area (Å²) in [4.78, 5) is 11.5. The van der Waals surface area contributed by atoms with Gasteiger partial charge in [-0.25, -0.2) is 0 Å². The molecule has 0 aliphatic carbocycles. The largest absolute Gasteiger partial charge is 0.330 e. The summed E-state index contributed by atoms with van der Waals surface area (Å²) in [7, 11) is 0. The van der Waals surface area contributed by atoms with Crippen LogP contribution in [0.5, 0.6) is 0 Å². The highest BCUT2D eigenvalue weighted by Gasteiger charge is 2.10. The summed E-state index contributed by atoms with van der Waals surface area (Å²) in [6, 6.07) is 5.42. The van der Waals surface area contributed by atoms with E-state index in [4.69, 9.17) is 17.3 Å². The van der Waals surface area contributed by atoms with Crippen LogP contribution in [0.15, 0.2) is 18.2 Å². The first-order valence-corrected chi connectivity index (χ1v) is 5.19. The maximum atomic E-state index is 11.5. The van der Waals surface area contributed by atoms with Crippen molar-refractivity contribution in [3.8, 4) is 0 Å². The Morgan fingerprint density at radius 1 is 1.56 bits per heavy atom. The van der Waals surface area contributed by atoms with E-state index < -0.39 is 0 Å². The van der Waals surface area contributed by atoms with Crippen molar-refractivity contribution in [2.75, 3.05) is 11.9 Å². The molecule has 0 bridgehead atoms. The molecule has 0 fully saturated rings. The zero-order valence-electron chi connectivity index (χ0n) is 9.29. The van der Waals surface area contributed by atoms with Crippen molar-refractivity contribution in [2.24, 2.45) is 11.7 Å². The second-order valence-corrected chi connectivity index (χ2v) is 4.00. The number of anilines is 1. The zero-order valence-corrected chi connectivity index (χ0v) is 10.9. The summed E-state index contributed by atoms with van der Waals surface area (Å²) in [6.45, 7) is 4.03. The molecule has 1 unspecified atom stereocenters. The molecule has 16 heavy (non-hydrogen) atoms. The van der Waals surface area contributed by atoms with E-state index >= 15 is 0 Å². The highest BCUT2D eigenvalue weighted by atomic mass is 35.5. The normalized spacial score (nSPS) is 11.5.